The molecule has 1 aliphatic rings. The van der Waals surface area contributed by atoms with Gasteiger partial charge in [0.15, 0.2) is 0 Å². The summed E-state index contributed by atoms with van der Waals surface area (Å²) in [5.74, 6) is -0.198. The maximum atomic E-state index is 13.0. The van der Waals surface area contributed by atoms with Crippen molar-refractivity contribution >= 4 is 28.4 Å². The number of hydrogen-bond acceptors (Lipinski definition) is 3. The molecule has 1 unspecified atom stereocenters. The van der Waals surface area contributed by atoms with Gasteiger partial charge in [0, 0.05) is 11.9 Å². The Bertz CT molecular complexity index is 1130. The smallest absolute Gasteiger partial charge is 0.250 e. The van der Waals surface area contributed by atoms with E-state index in [1.807, 2.05) is 49.4 Å². The monoisotopic (exact) mass is 415 g/mol. The maximum Gasteiger partial charge on any atom is 0.250 e. The highest BCUT2D eigenvalue weighted by Crippen LogP contribution is 2.33. The third-order valence-corrected chi connectivity index (χ3v) is 6.23. The molecule has 0 bridgehead atoms. The van der Waals surface area contributed by atoms with E-state index in [0.29, 0.717) is 25.1 Å². The number of nitrogens with one attached hydrogen (secondary N) is 1. The van der Waals surface area contributed by atoms with Crippen LogP contribution in [0.3, 0.4) is 0 Å². The summed E-state index contributed by atoms with van der Waals surface area (Å²) in [7, 11) is 0. The van der Waals surface area contributed by atoms with Crippen LogP contribution < -0.4 is 5.32 Å². The number of pyridine rings is 1. The molecule has 160 valence electrons. The number of fused-ring (bicyclic) bond motifs is 1. The maximum absolute atomic E-state index is 13.0. The lowest BCUT2D eigenvalue weighted by molar-refractivity contribution is -0.154. The van der Waals surface area contributed by atoms with Gasteiger partial charge in [-0.15, -0.1) is 0 Å². The van der Waals surface area contributed by atoms with Crippen molar-refractivity contribution in [3.05, 3.63) is 71.9 Å². The molecule has 1 atom stereocenters. The van der Waals surface area contributed by atoms with Gasteiger partial charge in [0.2, 0.25) is 11.8 Å². The fourth-order valence-electron chi connectivity index (χ4n) is 3.99. The van der Waals surface area contributed by atoms with E-state index in [1.165, 1.54) is 5.56 Å². The van der Waals surface area contributed by atoms with Gasteiger partial charge in [0.25, 0.3) is 0 Å². The van der Waals surface area contributed by atoms with Crippen LogP contribution in [0.4, 0.5) is 5.69 Å². The van der Waals surface area contributed by atoms with Crippen molar-refractivity contribution in [3.8, 4) is 0 Å². The molecule has 0 spiro atoms. The first-order valence-corrected chi connectivity index (χ1v) is 10.7. The lowest BCUT2D eigenvalue weighted by Crippen LogP contribution is -2.66. The van der Waals surface area contributed by atoms with E-state index in [1.54, 1.807) is 11.1 Å². The first-order chi connectivity index (χ1) is 14.7. The third-order valence-electron chi connectivity index (χ3n) is 6.23. The summed E-state index contributed by atoms with van der Waals surface area (Å²) in [6, 6.07) is 17.9. The second-order valence-corrected chi connectivity index (χ2v) is 9.56. The van der Waals surface area contributed by atoms with Crippen molar-refractivity contribution in [2.45, 2.75) is 51.5 Å². The summed E-state index contributed by atoms with van der Waals surface area (Å²) in [4.78, 5) is 32.1. The van der Waals surface area contributed by atoms with Crippen LogP contribution in [0.2, 0.25) is 0 Å². The van der Waals surface area contributed by atoms with Crippen molar-refractivity contribution in [2.75, 3.05) is 11.9 Å². The van der Waals surface area contributed by atoms with Gasteiger partial charge >= 0.3 is 0 Å². The molecule has 1 fully saturated rings. The number of anilines is 1. The zero-order valence-corrected chi connectivity index (χ0v) is 18.6. The molecular formula is C26H29N3O2. The molecule has 4 rings (SSSR count). The van der Waals surface area contributed by atoms with E-state index in [2.05, 4.69) is 43.2 Å². The molecule has 2 aromatic carbocycles. The normalized spacial score (nSPS) is 18.5. The van der Waals surface area contributed by atoms with Crippen LogP contribution in [0, 0.1) is 0 Å². The van der Waals surface area contributed by atoms with E-state index in [9.17, 15) is 9.59 Å². The number of carbonyl (C=O) groups is 2. The largest absolute Gasteiger partial charge is 0.328 e. The first kappa shape index (κ1) is 21.0. The summed E-state index contributed by atoms with van der Waals surface area (Å²) in [5.41, 5.74) is 2.96. The molecule has 2 heterocycles. The average molecular weight is 416 g/mol. The number of hydrogen-bond donors (Lipinski definition) is 1. The number of amides is 2. The van der Waals surface area contributed by atoms with Crippen LogP contribution in [0.25, 0.3) is 10.9 Å². The molecule has 0 radical (unpaired) electrons. The lowest BCUT2D eigenvalue weighted by atomic mass is 9.84. The number of benzene rings is 2. The van der Waals surface area contributed by atoms with Gasteiger partial charge in [-0.3, -0.25) is 14.6 Å². The van der Waals surface area contributed by atoms with Crippen molar-refractivity contribution in [3.63, 3.8) is 0 Å². The molecule has 1 aromatic heterocycles. The van der Waals surface area contributed by atoms with Crippen LogP contribution in [0.15, 0.2) is 60.8 Å². The fraction of sp³-hybridized carbons (Fsp3) is 0.346. The van der Waals surface area contributed by atoms with Gasteiger partial charge in [-0.25, -0.2) is 0 Å². The zero-order valence-electron chi connectivity index (χ0n) is 18.6. The second kappa shape index (κ2) is 7.80. The Hall–Kier alpha value is -3.21. The molecule has 2 amide bonds. The molecule has 1 N–H and O–H groups in total. The summed E-state index contributed by atoms with van der Waals surface area (Å²) in [5, 5.41) is 3.92. The summed E-state index contributed by atoms with van der Waals surface area (Å²) < 4.78 is 0. The number of aromatic nitrogens is 1. The predicted molar refractivity (Wildman–Crippen MR) is 124 cm³/mol. The minimum Gasteiger partial charge on any atom is -0.328 e. The molecule has 1 aliphatic heterocycles. The Balaban J connectivity index is 1.43. The molecule has 1 saturated heterocycles. The Labute approximate surface area is 183 Å². The van der Waals surface area contributed by atoms with Gasteiger partial charge in [-0.05, 0) is 42.0 Å². The van der Waals surface area contributed by atoms with Crippen LogP contribution in [0.1, 0.15) is 45.2 Å². The number of nitrogens with zero attached hydrogens (tertiary/aromatic N) is 2. The molecular weight excluding hydrogens is 386 g/mol. The lowest BCUT2D eigenvalue weighted by Gasteiger charge is -2.49. The Morgan fingerprint density at radius 3 is 2.45 bits per heavy atom. The van der Waals surface area contributed by atoms with Gasteiger partial charge in [0.05, 0.1) is 23.8 Å². The van der Waals surface area contributed by atoms with Gasteiger partial charge in [-0.1, -0.05) is 63.2 Å². The standard InChI is InChI=1S/C26H29N3O2/c1-25(2,3)20-11-9-18(10-12-20)15-23(30)29-14-13-26(29,4)24(31)28-21-16-19-7-5-6-8-22(19)27-17-21/h5-12,16-17H,13-15H2,1-4H3,(H,28,31). The predicted octanol–water partition coefficient (Wildman–Crippen LogP) is 4.70. The SMILES string of the molecule is CC(C)(C)c1ccc(CC(=O)N2CCC2(C)C(=O)Nc2cnc3ccccc3c2)cc1. The highest BCUT2D eigenvalue weighted by molar-refractivity contribution is 6.02. The van der Waals surface area contributed by atoms with Crippen molar-refractivity contribution in [1.82, 2.24) is 9.88 Å². The first-order valence-electron chi connectivity index (χ1n) is 10.7. The van der Waals surface area contributed by atoms with Gasteiger partial charge in [-0.2, -0.15) is 0 Å². The fourth-order valence-corrected chi connectivity index (χ4v) is 3.99. The Kier molecular flexibility index (Phi) is 5.29. The van der Waals surface area contributed by atoms with Crippen LogP contribution in [-0.2, 0) is 21.4 Å². The quantitative estimate of drug-likeness (QED) is 0.672. The molecule has 0 aliphatic carbocycles. The topological polar surface area (TPSA) is 62.3 Å². The third kappa shape index (κ3) is 4.18. The number of likely N-dealkylation sites (tertiary alicyclic amines) is 1. The van der Waals surface area contributed by atoms with Crippen LogP contribution in [0.5, 0.6) is 0 Å². The van der Waals surface area contributed by atoms with Crippen LogP contribution in [-0.4, -0.2) is 33.8 Å². The summed E-state index contributed by atoms with van der Waals surface area (Å²) in [6.07, 6.45) is 2.60. The summed E-state index contributed by atoms with van der Waals surface area (Å²) in [6.45, 7) is 8.94. The minimum atomic E-state index is -0.839. The minimum absolute atomic E-state index is 0.0240. The number of carbonyl (C=O) groups excluding carboxylic acids is 2. The van der Waals surface area contributed by atoms with E-state index in [4.69, 9.17) is 0 Å². The van der Waals surface area contributed by atoms with E-state index >= 15 is 0 Å². The second-order valence-electron chi connectivity index (χ2n) is 9.56. The van der Waals surface area contributed by atoms with Crippen molar-refractivity contribution in [2.24, 2.45) is 0 Å². The molecule has 0 saturated carbocycles. The highest BCUT2D eigenvalue weighted by atomic mass is 16.2. The van der Waals surface area contributed by atoms with E-state index in [-0.39, 0.29) is 17.2 Å². The Morgan fingerprint density at radius 2 is 1.81 bits per heavy atom. The average Bonchev–Trinajstić information content (AvgIpc) is 2.72. The van der Waals surface area contributed by atoms with Gasteiger partial charge in [0.1, 0.15) is 5.54 Å². The van der Waals surface area contributed by atoms with E-state index in [0.717, 1.165) is 16.5 Å². The van der Waals surface area contributed by atoms with Crippen molar-refractivity contribution in [1.29, 1.82) is 0 Å². The number of para-hydroxylation sites is 1. The zero-order chi connectivity index (χ0) is 22.2. The summed E-state index contributed by atoms with van der Waals surface area (Å²) >= 11 is 0. The van der Waals surface area contributed by atoms with E-state index < -0.39 is 5.54 Å². The molecule has 5 nitrogen and oxygen atoms in total. The number of rotatable bonds is 4. The molecule has 31 heavy (non-hydrogen) atoms. The molecule has 5 heteroatoms. The Morgan fingerprint density at radius 1 is 1.10 bits per heavy atom. The van der Waals surface area contributed by atoms with Crippen molar-refractivity contribution < 1.29 is 9.59 Å². The van der Waals surface area contributed by atoms with Crippen LogP contribution >= 0.6 is 0 Å². The molecule has 3 aromatic rings. The van der Waals surface area contributed by atoms with Gasteiger partial charge < -0.3 is 10.2 Å². The highest BCUT2D eigenvalue weighted by Gasteiger charge is 2.49.